The fourth-order valence-corrected chi connectivity index (χ4v) is 2.56. The number of ether oxygens (including phenoxy) is 3. The van der Waals surface area contributed by atoms with Gasteiger partial charge in [-0.25, -0.2) is 4.79 Å². The highest BCUT2D eigenvalue weighted by atomic mass is 79.9. The average Bonchev–Trinajstić information content (AvgIpc) is 3.04. The molecule has 0 bridgehead atoms. The molecule has 3 N–H and O–H groups in total. The summed E-state index contributed by atoms with van der Waals surface area (Å²) in [6, 6.07) is 9.84. The van der Waals surface area contributed by atoms with Gasteiger partial charge in [0.15, 0.2) is 17.6 Å². The predicted molar refractivity (Wildman–Crippen MR) is 94.6 cm³/mol. The molecule has 0 saturated carbocycles. The van der Waals surface area contributed by atoms with E-state index >= 15 is 0 Å². The van der Waals surface area contributed by atoms with Crippen molar-refractivity contribution in [3.63, 3.8) is 0 Å². The van der Waals surface area contributed by atoms with E-state index in [1.807, 2.05) is 0 Å². The molecule has 2 aromatic carbocycles. The molecule has 1 atom stereocenters. The summed E-state index contributed by atoms with van der Waals surface area (Å²) in [7, 11) is 0. The molecule has 25 heavy (non-hydrogen) atoms. The maximum Gasteiger partial charge on any atom is 0.341 e. The van der Waals surface area contributed by atoms with Gasteiger partial charge < -0.3 is 25.3 Å². The van der Waals surface area contributed by atoms with Crippen LogP contribution in [0.2, 0.25) is 0 Å². The third-order valence-electron chi connectivity index (χ3n) is 3.53. The topological polar surface area (TPSA) is 99.9 Å². The number of halogens is 1. The van der Waals surface area contributed by atoms with E-state index in [-0.39, 0.29) is 18.0 Å². The van der Waals surface area contributed by atoms with Crippen LogP contribution in [-0.2, 0) is 9.53 Å². The lowest BCUT2D eigenvalue weighted by Crippen LogP contribution is -2.30. The molecule has 1 heterocycles. The van der Waals surface area contributed by atoms with E-state index in [1.165, 1.54) is 6.92 Å². The zero-order valence-corrected chi connectivity index (χ0v) is 14.8. The lowest BCUT2D eigenvalue weighted by atomic mass is 10.2. The first-order valence-corrected chi connectivity index (χ1v) is 8.20. The van der Waals surface area contributed by atoms with Gasteiger partial charge in [0.25, 0.3) is 5.91 Å². The number of hydrogen-bond donors (Lipinski definition) is 2. The molecule has 3 rings (SSSR count). The third kappa shape index (κ3) is 3.85. The molecule has 2 aromatic rings. The smallest absolute Gasteiger partial charge is 0.341 e. The van der Waals surface area contributed by atoms with E-state index in [0.29, 0.717) is 21.7 Å². The van der Waals surface area contributed by atoms with Gasteiger partial charge in [0.1, 0.15) is 0 Å². The van der Waals surface area contributed by atoms with Crippen LogP contribution in [0.5, 0.6) is 11.5 Å². The monoisotopic (exact) mass is 406 g/mol. The van der Waals surface area contributed by atoms with E-state index in [4.69, 9.17) is 19.9 Å². The largest absolute Gasteiger partial charge is 0.454 e. The number of rotatable bonds is 4. The molecule has 0 spiro atoms. The van der Waals surface area contributed by atoms with E-state index in [1.54, 1.807) is 36.4 Å². The molecular weight excluding hydrogens is 392 g/mol. The molecule has 0 aromatic heterocycles. The van der Waals surface area contributed by atoms with Crippen molar-refractivity contribution in [3.05, 3.63) is 46.4 Å². The minimum Gasteiger partial charge on any atom is -0.454 e. The Kier molecular flexibility index (Phi) is 4.80. The second kappa shape index (κ2) is 7.02. The van der Waals surface area contributed by atoms with Crippen LogP contribution in [0, 0.1) is 0 Å². The zero-order chi connectivity index (χ0) is 18.0. The highest BCUT2D eigenvalue weighted by Crippen LogP contribution is 2.34. The molecule has 8 heteroatoms. The lowest BCUT2D eigenvalue weighted by molar-refractivity contribution is -0.123. The Labute approximate surface area is 152 Å². The number of nitrogen functional groups attached to an aromatic ring is 1. The van der Waals surface area contributed by atoms with Gasteiger partial charge in [-0.3, -0.25) is 4.79 Å². The van der Waals surface area contributed by atoms with Gasteiger partial charge in [-0.15, -0.1) is 0 Å². The number of fused-ring (bicyclic) bond motifs is 1. The van der Waals surface area contributed by atoms with E-state index in [2.05, 4.69) is 21.2 Å². The van der Waals surface area contributed by atoms with Gasteiger partial charge in [0, 0.05) is 21.9 Å². The number of amides is 1. The standard InChI is InChI=1S/C17H15BrN2O5/c1-9(25-17(22)12-6-10(18)2-4-13(12)19)16(21)20-11-3-5-14-15(7-11)24-8-23-14/h2-7,9H,8,19H2,1H3,(H,20,21)/t9-/m1/s1. The normalized spacial score (nSPS) is 13.2. The predicted octanol–water partition coefficient (Wildman–Crippen LogP) is 2.94. The Morgan fingerprint density at radius 2 is 1.96 bits per heavy atom. The molecule has 130 valence electrons. The first-order chi connectivity index (χ1) is 11.9. The van der Waals surface area contributed by atoms with E-state index < -0.39 is 18.0 Å². The Morgan fingerprint density at radius 3 is 2.76 bits per heavy atom. The van der Waals surface area contributed by atoms with Crippen LogP contribution in [0.1, 0.15) is 17.3 Å². The molecule has 1 amide bonds. The van der Waals surface area contributed by atoms with Crippen molar-refractivity contribution in [2.75, 3.05) is 17.8 Å². The van der Waals surface area contributed by atoms with Crippen molar-refractivity contribution < 1.29 is 23.8 Å². The molecule has 0 saturated heterocycles. The summed E-state index contributed by atoms with van der Waals surface area (Å²) >= 11 is 3.26. The number of esters is 1. The van der Waals surface area contributed by atoms with Crippen molar-refractivity contribution in [1.29, 1.82) is 0 Å². The number of carbonyl (C=O) groups is 2. The molecule has 7 nitrogen and oxygen atoms in total. The first kappa shape index (κ1) is 17.1. The van der Waals surface area contributed by atoms with Crippen LogP contribution >= 0.6 is 15.9 Å². The first-order valence-electron chi connectivity index (χ1n) is 7.40. The zero-order valence-electron chi connectivity index (χ0n) is 13.2. The van der Waals surface area contributed by atoms with Gasteiger partial charge in [-0.1, -0.05) is 15.9 Å². The molecule has 0 fully saturated rings. The van der Waals surface area contributed by atoms with E-state index in [9.17, 15) is 9.59 Å². The van der Waals surface area contributed by atoms with Crippen LogP contribution in [0.4, 0.5) is 11.4 Å². The fraction of sp³-hybridized carbons (Fsp3) is 0.176. The second-order valence-corrected chi connectivity index (χ2v) is 6.25. The Hall–Kier alpha value is -2.74. The van der Waals surface area contributed by atoms with Crippen molar-refractivity contribution >= 4 is 39.2 Å². The van der Waals surface area contributed by atoms with E-state index in [0.717, 1.165) is 0 Å². The number of carbonyl (C=O) groups excluding carboxylic acids is 2. The molecule has 0 radical (unpaired) electrons. The fourth-order valence-electron chi connectivity index (χ4n) is 2.20. The highest BCUT2D eigenvalue weighted by molar-refractivity contribution is 9.10. The number of nitrogens with two attached hydrogens (primary N) is 1. The summed E-state index contributed by atoms with van der Waals surface area (Å²) in [5.41, 5.74) is 6.75. The molecule has 1 aliphatic heterocycles. The van der Waals surface area contributed by atoms with Gasteiger partial charge in [0.2, 0.25) is 6.79 Å². The van der Waals surface area contributed by atoms with Crippen molar-refractivity contribution in [2.24, 2.45) is 0 Å². The van der Waals surface area contributed by atoms with Crippen LogP contribution < -0.4 is 20.5 Å². The van der Waals surface area contributed by atoms with Gasteiger partial charge >= 0.3 is 5.97 Å². The van der Waals surface area contributed by atoms with Crippen molar-refractivity contribution in [1.82, 2.24) is 0 Å². The lowest BCUT2D eigenvalue weighted by Gasteiger charge is -2.14. The van der Waals surface area contributed by atoms with Gasteiger partial charge in [-0.05, 0) is 37.3 Å². The van der Waals surface area contributed by atoms with Crippen LogP contribution in [0.15, 0.2) is 40.9 Å². The van der Waals surface area contributed by atoms with Crippen LogP contribution in [-0.4, -0.2) is 24.8 Å². The highest BCUT2D eigenvalue weighted by Gasteiger charge is 2.21. The minimum atomic E-state index is -1.00. The van der Waals surface area contributed by atoms with Gasteiger partial charge in [0.05, 0.1) is 5.56 Å². The third-order valence-corrected chi connectivity index (χ3v) is 4.02. The van der Waals surface area contributed by atoms with Crippen molar-refractivity contribution in [2.45, 2.75) is 13.0 Å². The molecular formula is C17H15BrN2O5. The number of nitrogens with one attached hydrogen (secondary N) is 1. The number of hydrogen-bond acceptors (Lipinski definition) is 6. The summed E-state index contributed by atoms with van der Waals surface area (Å²) in [6.45, 7) is 1.63. The molecule has 1 aliphatic rings. The van der Waals surface area contributed by atoms with Gasteiger partial charge in [-0.2, -0.15) is 0 Å². The summed E-state index contributed by atoms with van der Waals surface area (Å²) in [5, 5.41) is 2.66. The Balaban J connectivity index is 1.64. The molecule has 0 unspecified atom stereocenters. The minimum absolute atomic E-state index is 0.148. The number of benzene rings is 2. The van der Waals surface area contributed by atoms with Crippen LogP contribution in [0.25, 0.3) is 0 Å². The quantitative estimate of drug-likeness (QED) is 0.597. The maximum absolute atomic E-state index is 12.2. The molecule has 0 aliphatic carbocycles. The summed E-state index contributed by atoms with van der Waals surface area (Å²) in [5.74, 6) is 0.0138. The summed E-state index contributed by atoms with van der Waals surface area (Å²) < 4.78 is 16.3. The maximum atomic E-state index is 12.2. The summed E-state index contributed by atoms with van der Waals surface area (Å²) in [4.78, 5) is 24.4. The Morgan fingerprint density at radius 1 is 1.20 bits per heavy atom. The number of anilines is 2. The average molecular weight is 407 g/mol. The summed E-state index contributed by atoms with van der Waals surface area (Å²) in [6.07, 6.45) is -1.00. The van der Waals surface area contributed by atoms with Crippen molar-refractivity contribution in [3.8, 4) is 11.5 Å². The second-order valence-electron chi connectivity index (χ2n) is 5.34. The van der Waals surface area contributed by atoms with Crippen LogP contribution in [0.3, 0.4) is 0 Å². The SMILES string of the molecule is C[C@@H](OC(=O)c1cc(Br)ccc1N)C(=O)Nc1ccc2c(c1)OCO2. The Bertz CT molecular complexity index is 840.